The maximum atomic E-state index is 13.6. The monoisotopic (exact) mass is 285 g/mol. The van der Waals surface area contributed by atoms with Gasteiger partial charge in [-0.15, -0.1) is 0 Å². The molecule has 0 radical (unpaired) electrons. The van der Waals surface area contributed by atoms with E-state index in [1.807, 2.05) is 0 Å². The first-order valence-corrected chi connectivity index (χ1v) is 6.24. The Hall–Kier alpha value is -2.89. The predicted molar refractivity (Wildman–Crippen MR) is 75.9 cm³/mol. The van der Waals surface area contributed by atoms with E-state index in [9.17, 15) is 9.50 Å². The molecule has 0 bridgehead atoms. The molecule has 3 rings (SSSR count). The number of phenols is 1. The fourth-order valence-electron chi connectivity index (χ4n) is 1.92. The topological polar surface area (TPSA) is 85.2 Å². The zero-order valence-electron chi connectivity index (χ0n) is 11.2. The van der Waals surface area contributed by atoms with Crippen LogP contribution < -0.4 is 5.73 Å². The Bertz CT molecular complexity index is 814. The van der Waals surface area contributed by atoms with E-state index in [2.05, 4.69) is 10.1 Å². The van der Waals surface area contributed by atoms with Crippen molar-refractivity contribution in [2.45, 2.75) is 6.92 Å². The molecule has 0 aliphatic carbocycles. The number of aryl methyl sites for hydroxylation is 1. The Morgan fingerprint density at radius 3 is 2.81 bits per heavy atom. The maximum absolute atomic E-state index is 13.6. The van der Waals surface area contributed by atoms with E-state index in [1.54, 1.807) is 37.3 Å². The number of hydrogen-bond acceptors (Lipinski definition) is 5. The van der Waals surface area contributed by atoms with E-state index in [-0.39, 0.29) is 29.0 Å². The lowest BCUT2D eigenvalue weighted by Gasteiger charge is -2.01. The zero-order valence-corrected chi connectivity index (χ0v) is 11.2. The second-order valence-electron chi connectivity index (χ2n) is 4.63. The van der Waals surface area contributed by atoms with Gasteiger partial charge in [-0.25, -0.2) is 4.39 Å². The van der Waals surface area contributed by atoms with E-state index < -0.39 is 0 Å². The number of para-hydroxylation sites is 1. The average Bonchev–Trinajstić information content (AvgIpc) is 2.94. The third-order valence-corrected chi connectivity index (χ3v) is 3.15. The molecular formula is C15H12FN3O2. The predicted octanol–water partition coefficient (Wildman–Crippen LogP) is 3.14. The molecule has 6 heteroatoms. The van der Waals surface area contributed by atoms with Gasteiger partial charge in [-0.3, -0.25) is 0 Å². The van der Waals surface area contributed by atoms with Crippen LogP contribution in [0.3, 0.4) is 0 Å². The van der Waals surface area contributed by atoms with Gasteiger partial charge in [0.25, 0.3) is 5.89 Å². The van der Waals surface area contributed by atoms with Crippen LogP contribution >= 0.6 is 0 Å². The lowest BCUT2D eigenvalue weighted by Crippen LogP contribution is -1.88. The molecule has 0 spiro atoms. The van der Waals surface area contributed by atoms with Crippen LogP contribution in [0.2, 0.25) is 0 Å². The molecule has 0 atom stereocenters. The third kappa shape index (κ3) is 2.31. The normalized spacial score (nSPS) is 10.8. The van der Waals surface area contributed by atoms with Crippen LogP contribution in [0.25, 0.3) is 22.8 Å². The number of halogens is 1. The smallest absolute Gasteiger partial charge is 0.262 e. The van der Waals surface area contributed by atoms with Crippen LogP contribution in [-0.4, -0.2) is 15.2 Å². The Kier molecular flexibility index (Phi) is 3.06. The first-order chi connectivity index (χ1) is 10.1. The minimum Gasteiger partial charge on any atom is -0.505 e. The van der Waals surface area contributed by atoms with E-state index in [0.29, 0.717) is 16.7 Å². The summed E-state index contributed by atoms with van der Waals surface area (Å²) in [6.07, 6.45) is 0. The Morgan fingerprint density at radius 2 is 2.05 bits per heavy atom. The van der Waals surface area contributed by atoms with E-state index in [1.165, 1.54) is 6.07 Å². The van der Waals surface area contributed by atoms with Crippen molar-refractivity contribution in [3.8, 4) is 28.6 Å². The summed E-state index contributed by atoms with van der Waals surface area (Å²) in [4.78, 5) is 4.16. The quantitative estimate of drug-likeness (QED) is 0.558. The summed E-state index contributed by atoms with van der Waals surface area (Å²) in [5, 5.41) is 13.7. The zero-order chi connectivity index (χ0) is 15.0. The maximum Gasteiger partial charge on any atom is 0.262 e. The highest BCUT2D eigenvalue weighted by Crippen LogP contribution is 2.33. The number of phenolic OH excluding ortho intramolecular Hbond substituents is 1. The van der Waals surface area contributed by atoms with Gasteiger partial charge in [-0.05, 0) is 30.7 Å². The second-order valence-corrected chi connectivity index (χ2v) is 4.63. The largest absolute Gasteiger partial charge is 0.505 e. The van der Waals surface area contributed by atoms with Crippen molar-refractivity contribution in [1.29, 1.82) is 0 Å². The minimum atomic E-state index is -0.342. The highest BCUT2D eigenvalue weighted by Gasteiger charge is 2.15. The molecule has 0 fully saturated rings. The van der Waals surface area contributed by atoms with E-state index in [4.69, 9.17) is 10.3 Å². The molecule has 3 N–H and O–H groups in total. The summed E-state index contributed by atoms with van der Waals surface area (Å²) < 4.78 is 18.7. The van der Waals surface area contributed by atoms with Gasteiger partial charge >= 0.3 is 0 Å². The van der Waals surface area contributed by atoms with Gasteiger partial charge in [0.05, 0.1) is 11.3 Å². The molecule has 0 saturated carbocycles. The van der Waals surface area contributed by atoms with Gasteiger partial charge < -0.3 is 15.4 Å². The Morgan fingerprint density at radius 1 is 1.24 bits per heavy atom. The number of aromatic nitrogens is 2. The standard InChI is InChI=1S/C15H12FN3O2/c1-8-5-6-9(7-11(8)16)14-18-15(21-19-14)10-3-2-4-12(17)13(10)20/h2-7,20H,17H2,1H3. The average molecular weight is 285 g/mol. The summed E-state index contributed by atoms with van der Waals surface area (Å²) in [6, 6.07) is 9.51. The Balaban J connectivity index is 2.03. The molecule has 5 nitrogen and oxygen atoms in total. The van der Waals surface area contributed by atoms with Gasteiger partial charge in [0.15, 0.2) is 5.75 Å². The molecule has 0 aliphatic rings. The molecule has 21 heavy (non-hydrogen) atoms. The minimum absolute atomic E-state index is 0.121. The molecule has 0 unspecified atom stereocenters. The van der Waals surface area contributed by atoms with Gasteiger partial charge in [-0.2, -0.15) is 4.98 Å². The summed E-state index contributed by atoms with van der Waals surface area (Å²) in [5.74, 6) is -0.102. The van der Waals surface area contributed by atoms with Crippen LogP contribution in [0, 0.1) is 12.7 Å². The van der Waals surface area contributed by atoms with Crippen molar-refractivity contribution in [3.63, 3.8) is 0 Å². The fourth-order valence-corrected chi connectivity index (χ4v) is 1.92. The highest BCUT2D eigenvalue weighted by molar-refractivity contribution is 5.72. The van der Waals surface area contributed by atoms with Gasteiger partial charge in [-0.1, -0.05) is 23.4 Å². The number of nitrogens with zero attached hydrogens (tertiary/aromatic N) is 2. The number of hydrogen-bond donors (Lipinski definition) is 2. The summed E-state index contributed by atoms with van der Waals surface area (Å²) >= 11 is 0. The number of anilines is 1. The molecule has 2 aromatic carbocycles. The lowest BCUT2D eigenvalue weighted by molar-refractivity contribution is 0.426. The van der Waals surface area contributed by atoms with Crippen LogP contribution in [0.15, 0.2) is 40.9 Å². The molecule has 0 saturated heterocycles. The van der Waals surface area contributed by atoms with Crippen LogP contribution in [0.4, 0.5) is 10.1 Å². The third-order valence-electron chi connectivity index (χ3n) is 3.15. The number of nitrogens with two attached hydrogens (primary N) is 1. The second kappa shape index (κ2) is 4.90. The van der Waals surface area contributed by atoms with Crippen molar-refractivity contribution >= 4 is 5.69 Å². The molecule has 0 aliphatic heterocycles. The number of nitrogen functional groups attached to an aromatic ring is 1. The van der Waals surface area contributed by atoms with E-state index >= 15 is 0 Å². The lowest BCUT2D eigenvalue weighted by atomic mass is 10.1. The highest BCUT2D eigenvalue weighted by atomic mass is 19.1. The number of aromatic hydroxyl groups is 1. The SMILES string of the molecule is Cc1ccc(-c2noc(-c3cccc(N)c3O)n2)cc1F. The Labute approximate surface area is 119 Å². The van der Waals surface area contributed by atoms with E-state index in [0.717, 1.165) is 0 Å². The van der Waals surface area contributed by atoms with Crippen LogP contribution in [0.1, 0.15) is 5.56 Å². The molecule has 3 aromatic rings. The molecule has 106 valence electrons. The van der Waals surface area contributed by atoms with Gasteiger partial charge in [0.1, 0.15) is 5.82 Å². The van der Waals surface area contributed by atoms with Gasteiger partial charge in [0, 0.05) is 5.56 Å². The first kappa shape index (κ1) is 13.1. The fraction of sp³-hybridized carbons (Fsp3) is 0.0667. The first-order valence-electron chi connectivity index (χ1n) is 6.24. The summed E-state index contributed by atoms with van der Waals surface area (Å²) in [7, 11) is 0. The molecule has 1 aromatic heterocycles. The van der Waals surface area contributed by atoms with Crippen molar-refractivity contribution < 1.29 is 14.0 Å². The number of benzene rings is 2. The van der Waals surface area contributed by atoms with Crippen LogP contribution in [0.5, 0.6) is 5.75 Å². The molecule has 1 heterocycles. The molecule has 0 amide bonds. The van der Waals surface area contributed by atoms with Crippen molar-refractivity contribution in [2.75, 3.05) is 5.73 Å². The van der Waals surface area contributed by atoms with Crippen molar-refractivity contribution in [3.05, 3.63) is 47.8 Å². The van der Waals surface area contributed by atoms with Crippen molar-refractivity contribution in [2.24, 2.45) is 0 Å². The summed E-state index contributed by atoms with van der Waals surface area (Å²) in [5.41, 5.74) is 7.21. The van der Waals surface area contributed by atoms with Gasteiger partial charge in [0.2, 0.25) is 5.82 Å². The summed E-state index contributed by atoms with van der Waals surface area (Å²) in [6.45, 7) is 1.67. The number of rotatable bonds is 2. The molecular weight excluding hydrogens is 273 g/mol. The van der Waals surface area contributed by atoms with Crippen LogP contribution in [-0.2, 0) is 0 Å². The van der Waals surface area contributed by atoms with Crippen molar-refractivity contribution in [1.82, 2.24) is 10.1 Å².